The predicted molar refractivity (Wildman–Crippen MR) is 275 cm³/mol. The first-order chi connectivity index (χ1) is 37.2. The molecule has 434 valence electrons. The van der Waals surface area contributed by atoms with Crippen molar-refractivity contribution in [2.24, 2.45) is 23.1 Å². The van der Waals surface area contributed by atoms with Gasteiger partial charge in [-0.1, -0.05) is 44.2 Å². The molecular formula is C49H72N14O16. The van der Waals surface area contributed by atoms with Crippen molar-refractivity contribution in [3.8, 4) is 0 Å². The monoisotopic (exact) mass is 1110 g/mol. The second-order valence-electron chi connectivity index (χ2n) is 19.3. The molecule has 1 saturated heterocycles. The highest BCUT2D eigenvalue weighted by Gasteiger charge is 2.40. The number of imidazole rings is 1. The molecule has 1 aliphatic heterocycles. The lowest BCUT2D eigenvalue weighted by Crippen LogP contribution is -2.62. The van der Waals surface area contributed by atoms with Crippen LogP contribution in [0.4, 0.5) is 0 Å². The number of nitrogens with two attached hydrogens (primary N) is 3. The molecule has 18 N–H and O–H groups in total. The van der Waals surface area contributed by atoms with Gasteiger partial charge in [-0.25, -0.2) is 9.78 Å². The van der Waals surface area contributed by atoms with Crippen LogP contribution >= 0.6 is 0 Å². The average Bonchev–Trinajstić information content (AvgIpc) is 4.10. The molecule has 11 amide bonds. The number of aromatic nitrogens is 2. The van der Waals surface area contributed by atoms with Gasteiger partial charge in [-0.15, -0.1) is 0 Å². The smallest absolute Gasteiger partial charge is 0.326 e. The zero-order valence-electron chi connectivity index (χ0n) is 44.2. The largest absolute Gasteiger partial charge is 0.481 e. The fourth-order valence-corrected chi connectivity index (χ4v) is 8.23. The number of aromatic amines is 1. The van der Waals surface area contributed by atoms with Crippen LogP contribution in [0, 0.1) is 5.92 Å². The molecule has 1 aromatic carbocycles. The van der Waals surface area contributed by atoms with Gasteiger partial charge in [0.1, 0.15) is 54.4 Å². The van der Waals surface area contributed by atoms with E-state index in [9.17, 15) is 77.6 Å². The summed E-state index contributed by atoms with van der Waals surface area (Å²) in [4.78, 5) is 178. The molecule has 0 spiro atoms. The summed E-state index contributed by atoms with van der Waals surface area (Å²) in [6.07, 6.45) is -1.71. The predicted octanol–water partition coefficient (Wildman–Crippen LogP) is -5.44. The number of carbonyl (C=O) groups excluding carboxylic acids is 11. The van der Waals surface area contributed by atoms with E-state index in [2.05, 4.69) is 52.5 Å². The van der Waals surface area contributed by atoms with Crippen LogP contribution in [0.3, 0.4) is 0 Å². The Morgan fingerprint density at radius 3 is 1.76 bits per heavy atom. The minimum Gasteiger partial charge on any atom is -0.481 e. The molecule has 1 aromatic heterocycles. The van der Waals surface area contributed by atoms with Gasteiger partial charge in [0, 0.05) is 44.1 Å². The fourth-order valence-electron chi connectivity index (χ4n) is 8.23. The quantitative estimate of drug-likeness (QED) is 0.0317. The molecule has 0 saturated carbocycles. The van der Waals surface area contributed by atoms with Crippen LogP contribution in [-0.4, -0.2) is 181 Å². The Hall–Kier alpha value is -8.54. The average molecular weight is 1110 g/mol. The highest BCUT2D eigenvalue weighted by molar-refractivity contribution is 5.99. The first-order valence-electron chi connectivity index (χ1n) is 25.3. The number of aliphatic hydroxyl groups is 1. The van der Waals surface area contributed by atoms with Crippen LogP contribution in [0.2, 0.25) is 0 Å². The van der Waals surface area contributed by atoms with Gasteiger partial charge in [0.05, 0.1) is 25.4 Å². The van der Waals surface area contributed by atoms with Gasteiger partial charge in [0.25, 0.3) is 0 Å². The van der Waals surface area contributed by atoms with Gasteiger partial charge in [-0.2, -0.15) is 0 Å². The summed E-state index contributed by atoms with van der Waals surface area (Å²) in [5.41, 5.74) is 17.0. The molecule has 2 heterocycles. The molecule has 30 heteroatoms. The lowest BCUT2D eigenvalue weighted by atomic mass is 10.0. The van der Waals surface area contributed by atoms with E-state index in [4.69, 9.17) is 17.2 Å². The Bertz CT molecular complexity index is 2490. The van der Waals surface area contributed by atoms with Crippen LogP contribution in [0.1, 0.15) is 90.3 Å². The Balaban J connectivity index is 1.85. The molecule has 0 radical (unpaired) electrons. The second kappa shape index (κ2) is 31.6. The standard InChI is InChI=1S/C49H72N14O16/c1-24(2)17-34(48(77)63-16-8-11-35(63)49(78)79)61-43(72)30(12-14-36(51)65)57-45(74)33(20-37(52)66)60-44(73)31(18-27-9-6-5-7-10-27)58-41(70)25(3)55-47(76)40(26(4)64)62-46(75)32(19-28-22-53-23-54-28)59-42(71)29(13-15-39(68)69)56-38(67)21-50/h5-7,9-10,22-26,29-35,40,64H,8,11-21,50H2,1-4H3,(H2,51,65)(H2,52,66)(H,53,54)(H,55,76)(H,56,67)(H,57,74)(H,58,70)(H,59,71)(H,60,73)(H,61,72)(H,62,75)(H,68,69)(H,78,79)/t25-,26+,29-,30-,31-,32-,33-,34-,35-,40-/m0/s1. The summed E-state index contributed by atoms with van der Waals surface area (Å²) in [5.74, 6) is -13.7. The normalized spacial score (nSPS) is 16.4. The third-order valence-corrected chi connectivity index (χ3v) is 12.3. The third-order valence-electron chi connectivity index (χ3n) is 12.3. The second-order valence-corrected chi connectivity index (χ2v) is 19.3. The maximum absolute atomic E-state index is 14.2. The van der Waals surface area contributed by atoms with Crippen molar-refractivity contribution < 1.29 is 77.6 Å². The van der Waals surface area contributed by atoms with E-state index < -0.39 is 176 Å². The molecule has 2 aromatic rings. The number of aliphatic hydroxyl groups excluding tert-OH is 1. The minimum absolute atomic E-state index is 0.0495. The van der Waals surface area contributed by atoms with Crippen LogP contribution < -0.4 is 59.7 Å². The first-order valence-corrected chi connectivity index (χ1v) is 25.3. The molecule has 30 nitrogen and oxygen atoms in total. The number of carboxylic acids is 2. The molecule has 10 atom stereocenters. The number of primary amides is 2. The number of aliphatic carboxylic acids is 2. The number of nitrogens with one attached hydrogen (secondary N) is 9. The van der Waals surface area contributed by atoms with Gasteiger partial charge in [-0.3, -0.25) is 57.5 Å². The summed E-state index contributed by atoms with van der Waals surface area (Å²) in [6.45, 7) is 5.39. The highest BCUT2D eigenvalue weighted by atomic mass is 16.4. The zero-order chi connectivity index (χ0) is 59.1. The number of nitrogens with zero attached hydrogens (tertiary/aromatic N) is 2. The van der Waals surface area contributed by atoms with E-state index in [-0.39, 0.29) is 38.1 Å². The van der Waals surface area contributed by atoms with Crippen molar-refractivity contribution in [1.82, 2.24) is 57.4 Å². The van der Waals surface area contributed by atoms with Gasteiger partial charge >= 0.3 is 11.9 Å². The molecule has 0 bridgehead atoms. The Kier molecular flexibility index (Phi) is 25.9. The Morgan fingerprint density at radius 1 is 0.658 bits per heavy atom. The molecular weight excluding hydrogens is 1040 g/mol. The summed E-state index contributed by atoms with van der Waals surface area (Å²) in [7, 11) is 0. The van der Waals surface area contributed by atoms with Gasteiger partial charge in [0.2, 0.25) is 65.0 Å². The number of hydrogen-bond donors (Lipinski definition) is 15. The van der Waals surface area contributed by atoms with Crippen molar-refractivity contribution in [1.29, 1.82) is 0 Å². The fraction of sp³-hybridized carbons (Fsp3) is 0.551. The molecule has 0 unspecified atom stereocenters. The first kappa shape index (κ1) is 64.7. The molecule has 3 rings (SSSR count). The van der Waals surface area contributed by atoms with Crippen molar-refractivity contribution in [3.63, 3.8) is 0 Å². The number of hydrogen-bond acceptors (Lipinski definition) is 16. The van der Waals surface area contributed by atoms with Crippen LogP contribution in [-0.2, 0) is 75.2 Å². The maximum atomic E-state index is 14.2. The van der Waals surface area contributed by atoms with Crippen molar-refractivity contribution >= 4 is 76.9 Å². The summed E-state index contributed by atoms with van der Waals surface area (Å²) < 4.78 is 0. The van der Waals surface area contributed by atoms with Crippen molar-refractivity contribution in [2.45, 2.75) is 152 Å². The summed E-state index contributed by atoms with van der Waals surface area (Å²) in [6, 6.07) is -5.71. The van der Waals surface area contributed by atoms with E-state index in [1.807, 2.05) is 0 Å². The SMILES string of the molecule is CC(C)C[C@H](NC(=O)[C@H](CCC(N)=O)NC(=O)[C@H](CC(N)=O)NC(=O)[C@H](Cc1ccccc1)NC(=O)[C@H](C)NC(=O)[C@@H](NC(=O)[C@H](Cc1cnc[nH]1)NC(=O)[C@H](CCC(=O)O)NC(=O)CN)[C@@H](C)O)C(=O)N1CCC[C@H]1C(=O)O. The molecule has 1 fully saturated rings. The Labute approximate surface area is 453 Å². The zero-order valence-corrected chi connectivity index (χ0v) is 44.2. The number of H-pyrrole nitrogens is 1. The Morgan fingerprint density at radius 2 is 1.20 bits per heavy atom. The number of rotatable bonds is 33. The van der Waals surface area contributed by atoms with Crippen LogP contribution in [0.5, 0.6) is 0 Å². The van der Waals surface area contributed by atoms with E-state index in [1.165, 1.54) is 19.4 Å². The van der Waals surface area contributed by atoms with Gasteiger partial charge in [-0.05, 0) is 57.4 Å². The lowest BCUT2D eigenvalue weighted by molar-refractivity contribution is -0.149. The maximum Gasteiger partial charge on any atom is 0.326 e. The van der Waals surface area contributed by atoms with Gasteiger partial charge in [0.15, 0.2) is 0 Å². The number of likely N-dealkylation sites (tertiary alicyclic amines) is 1. The van der Waals surface area contributed by atoms with Crippen LogP contribution in [0.25, 0.3) is 0 Å². The summed E-state index contributed by atoms with van der Waals surface area (Å²) >= 11 is 0. The van der Waals surface area contributed by atoms with E-state index in [1.54, 1.807) is 44.2 Å². The lowest BCUT2D eigenvalue weighted by Gasteiger charge is -2.30. The number of carboxylic acid groups (broad SMARTS) is 2. The topological polar surface area (TPSA) is 489 Å². The van der Waals surface area contributed by atoms with Crippen molar-refractivity contribution in [3.05, 3.63) is 54.1 Å². The van der Waals surface area contributed by atoms with Gasteiger partial charge < -0.3 is 84.9 Å². The van der Waals surface area contributed by atoms with E-state index in [0.717, 1.165) is 11.8 Å². The van der Waals surface area contributed by atoms with E-state index >= 15 is 0 Å². The molecule has 0 aliphatic carbocycles. The number of amides is 11. The number of benzene rings is 1. The highest BCUT2D eigenvalue weighted by Crippen LogP contribution is 2.21. The number of carbonyl (C=O) groups is 13. The molecule has 1 aliphatic rings. The van der Waals surface area contributed by atoms with Crippen LogP contribution in [0.15, 0.2) is 42.9 Å². The van der Waals surface area contributed by atoms with Crippen molar-refractivity contribution in [2.75, 3.05) is 13.1 Å². The minimum atomic E-state index is -1.84. The summed E-state index contributed by atoms with van der Waals surface area (Å²) in [5, 5.41) is 48.8. The molecule has 79 heavy (non-hydrogen) atoms. The van der Waals surface area contributed by atoms with E-state index in [0.29, 0.717) is 17.7 Å². The third kappa shape index (κ3) is 21.8.